The molecule has 0 atom stereocenters. The van der Waals surface area contributed by atoms with Crippen molar-refractivity contribution in [1.29, 1.82) is 0 Å². The molecule has 0 aliphatic heterocycles. The van der Waals surface area contributed by atoms with Gasteiger partial charge in [0, 0.05) is 16.8 Å². The minimum absolute atomic E-state index is 0.108. The average Bonchev–Trinajstić information content (AvgIpc) is 3.33. The Morgan fingerprint density at radius 2 is 1.88 bits per heavy atom. The number of amides is 1. The van der Waals surface area contributed by atoms with Gasteiger partial charge in [-0.25, -0.2) is 4.68 Å². The summed E-state index contributed by atoms with van der Waals surface area (Å²) in [4.78, 5) is 12.4. The maximum absolute atomic E-state index is 12.4. The lowest BCUT2D eigenvalue weighted by Gasteiger charge is -2.08. The van der Waals surface area contributed by atoms with Crippen LogP contribution < -0.4 is 5.32 Å². The molecule has 1 saturated carbocycles. The highest BCUT2D eigenvalue weighted by Gasteiger charge is 2.28. The zero-order chi connectivity index (χ0) is 16.5. The van der Waals surface area contributed by atoms with Gasteiger partial charge in [-0.15, -0.1) is 5.10 Å². The molecule has 4 rings (SSSR count). The molecule has 120 valence electrons. The van der Waals surface area contributed by atoms with Crippen LogP contribution in [0.3, 0.4) is 0 Å². The van der Waals surface area contributed by atoms with Gasteiger partial charge in [0.05, 0.1) is 6.04 Å². The number of rotatable bonds is 4. The Kier molecular flexibility index (Phi) is 3.57. The Balaban J connectivity index is 1.53. The number of hydrogen-bond donors (Lipinski definition) is 1. The third kappa shape index (κ3) is 2.78. The summed E-state index contributed by atoms with van der Waals surface area (Å²) in [5.74, 6) is 0.665. The van der Waals surface area contributed by atoms with Gasteiger partial charge in [0.1, 0.15) is 0 Å². The van der Waals surface area contributed by atoms with Crippen LogP contribution >= 0.6 is 0 Å². The normalized spacial score (nSPS) is 13.7. The van der Waals surface area contributed by atoms with Gasteiger partial charge in [-0.1, -0.05) is 18.2 Å². The van der Waals surface area contributed by atoms with E-state index in [9.17, 15) is 4.79 Å². The van der Waals surface area contributed by atoms with E-state index in [0.29, 0.717) is 11.6 Å². The number of anilines is 1. The van der Waals surface area contributed by atoms with E-state index >= 15 is 0 Å². The third-order valence-electron chi connectivity index (χ3n) is 4.18. The molecule has 6 heteroatoms. The number of benzene rings is 2. The maximum atomic E-state index is 12.4. The van der Waals surface area contributed by atoms with E-state index in [1.807, 2.05) is 60.1 Å². The average molecular weight is 319 g/mol. The predicted octanol–water partition coefficient (Wildman–Crippen LogP) is 3.24. The fourth-order valence-corrected chi connectivity index (χ4v) is 2.68. The van der Waals surface area contributed by atoms with E-state index in [4.69, 9.17) is 0 Å². The number of carbonyl (C=O) groups is 1. The molecule has 1 fully saturated rings. The SMILES string of the molecule is Cc1ccccc1C(=O)Nc1ccc(-c2nnnn2C2CC2)cc1. The Bertz CT molecular complexity index is 880. The van der Waals surface area contributed by atoms with Crippen LogP contribution in [0, 0.1) is 6.92 Å². The van der Waals surface area contributed by atoms with Gasteiger partial charge < -0.3 is 5.32 Å². The molecular weight excluding hydrogens is 302 g/mol. The van der Waals surface area contributed by atoms with Crippen LogP contribution in [-0.4, -0.2) is 26.1 Å². The quantitative estimate of drug-likeness (QED) is 0.801. The summed E-state index contributed by atoms with van der Waals surface area (Å²) < 4.78 is 1.88. The van der Waals surface area contributed by atoms with E-state index in [1.165, 1.54) is 0 Å². The van der Waals surface area contributed by atoms with E-state index in [-0.39, 0.29) is 5.91 Å². The molecule has 1 aliphatic rings. The highest BCUT2D eigenvalue weighted by Crippen LogP contribution is 2.36. The Morgan fingerprint density at radius 1 is 1.12 bits per heavy atom. The molecule has 1 heterocycles. The number of tetrazole rings is 1. The second kappa shape index (κ2) is 5.88. The second-order valence-electron chi connectivity index (χ2n) is 6.02. The number of aromatic nitrogens is 4. The smallest absolute Gasteiger partial charge is 0.255 e. The number of carbonyl (C=O) groups excluding carboxylic acids is 1. The largest absolute Gasteiger partial charge is 0.322 e. The summed E-state index contributed by atoms with van der Waals surface area (Å²) in [7, 11) is 0. The standard InChI is InChI=1S/C18H17N5O/c1-12-4-2-3-5-16(12)18(24)19-14-8-6-13(7-9-14)17-20-21-22-23(17)15-10-11-15/h2-9,15H,10-11H2,1H3,(H,19,24). The van der Waals surface area contributed by atoms with Crippen molar-refractivity contribution in [3.63, 3.8) is 0 Å². The first-order valence-corrected chi connectivity index (χ1v) is 7.97. The molecule has 6 nitrogen and oxygen atoms in total. The lowest BCUT2D eigenvalue weighted by Crippen LogP contribution is -2.13. The highest BCUT2D eigenvalue weighted by molar-refractivity contribution is 6.05. The minimum atomic E-state index is -0.108. The molecule has 1 aromatic heterocycles. The Hall–Kier alpha value is -3.02. The molecular formula is C18H17N5O. The first-order valence-electron chi connectivity index (χ1n) is 7.97. The predicted molar refractivity (Wildman–Crippen MR) is 90.7 cm³/mol. The van der Waals surface area contributed by atoms with Crippen molar-refractivity contribution in [1.82, 2.24) is 20.2 Å². The van der Waals surface area contributed by atoms with Crippen molar-refractivity contribution in [2.45, 2.75) is 25.8 Å². The van der Waals surface area contributed by atoms with E-state index in [1.54, 1.807) is 0 Å². The van der Waals surface area contributed by atoms with Gasteiger partial charge in [0.25, 0.3) is 5.91 Å². The molecule has 0 saturated heterocycles. The second-order valence-corrected chi connectivity index (χ2v) is 6.02. The van der Waals surface area contributed by atoms with Crippen LogP contribution in [0.4, 0.5) is 5.69 Å². The van der Waals surface area contributed by atoms with Crippen LogP contribution in [0.5, 0.6) is 0 Å². The van der Waals surface area contributed by atoms with Gasteiger partial charge in [-0.3, -0.25) is 4.79 Å². The molecule has 1 aliphatic carbocycles. The maximum Gasteiger partial charge on any atom is 0.255 e. The summed E-state index contributed by atoms with van der Waals surface area (Å²) in [5.41, 5.74) is 3.33. The van der Waals surface area contributed by atoms with E-state index in [0.717, 1.165) is 35.5 Å². The van der Waals surface area contributed by atoms with Gasteiger partial charge >= 0.3 is 0 Å². The fraction of sp³-hybridized carbons (Fsp3) is 0.222. The lowest BCUT2D eigenvalue weighted by molar-refractivity contribution is 0.102. The summed E-state index contributed by atoms with van der Waals surface area (Å²) in [5, 5.41) is 14.9. The van der Waals surface area contributed by atoms with Crippen LogP contribution in [0.25, 0.3) is 11.4 Å². The first kappa shape index (κ1) is 14.6. The van der Waals surface area contributed by atoms with Crippen molar-refractivity contribution >= 4 is 11.6 Å². The lowest BCUT2D eigenvalue weighted by atomic mass is 10.1. The molecule has 3 aromatic rings. The van der Waals surface area contributed by atoms with Gasteiger partial charge in [-0.05, 0) is 66.1 Å². The van der Waals surface area contributed by atoms with Gasteiger partial charge in [0.2, 0.25) is 0 Å². The molecule has 0 radical (unpaired) electrons. The minimum Gasteiger partial charge on any atom is -0.322 e. The number of nitrogens with zero attached hydrogens (tertiary/aromatic N) is 4. The molecule has 0 bridgehead atoms. The molecule has 24 heavy (non-hydrogen) atoms. The molecule has 1 N–H and O–H groups in total. The fourth-order valence-electron chi connectivity index (χ4n) is 2.68. The van der Waals surface area contributed by atoms with E-state index < -0.39 is 0 Å². The molecule has 1 amide bonds. The summed E-state index contributed by atoms with van der Waals surface area (Å²) in [6.07, 6.45) is 2.26. The molecule has 0 spiro atoms. The van der Waals surface area contributed by atoms with Gasteiger partial charge in [0.15, 0.2) is 5.82 Å². The van der Waals surface area contributed by atoms with Crippen molar-refractivity contribution in [2.24, 2.45) is 0 Å². The van der Waals surface area contributed by atoms with Crippen LogP contribution in [0.15, 0.2) is 48.5 Å². The monoisotopic (exact) mass is 319 g/mol. The zero-order valence-corrected chi connectivity index (χ0v) is 13.3. The van der Waals surface area contributed by atoms with Crippen LogP contribution in [0.1, 0.15) is 34.8 Å². The number of nitrogens with one attached hydrogen (secondary N) is 1. The topological polar surface area (TPSA) is 72.7 Å². The summed E-state index contributed by atoms with van der Waals surface area (Å²) >= 11 is 0. The summed E-state index contributed by atoms with van der Waals surface area (Å²) in [6.45, 7) is 1.93. The zero-order valence-electron chi connectivity index (χ0n) is 13.3. The summed E-state index contributed by atoms with van der Waals surface area (Å²) in [6, 6.07) is 15.6. The molecule has 0 unspecified atom stereocenters. The third-order valence-corrected chi connectivity index (χ3v) is 4.18. The molecule has 2 aromatic carbocycles. The van der Waals surface area contributed by atoms with Crippen molar-refractivity contribution in [3.8, 4) is 11.4 Å². The van der Waals surface area contributed by atoms with Crippen LogP contribution in [0.2, 0.25) is 0 Å². The highest BCUT2D eigenvalue weighted by atomic mass is 16.1. The number of aryl methyl sites for hydroxylation is 1. The van der Waals surface area contributed by atoms with Gasteiger partial charge in [-0.2, -0.15) is 0 Å². The van der Waals surface area contributed by atoms with Crippen molar-refractivity contribution in [2.75, 3.05) is 5.32 Å². The first-order chi connectivity index (χ1) is 11.7. The van der Waals surface area contributed by atoms with Crippen LogP contribution in [-0.2, 0) is 0 Å². The Labute approximate surface area is 139 Å². The van der Waals surface area contributed by atoms with Crippen molar-refractivity contribution in [3.05, 3.63) is 59.7 Å². The van der Waals surface area contributed by atoms with Crippen molar-refractivity contribution < 1.29 is 4.79 Å². The van der Waals surface area contributed by atoms with E-state index in [2.05, 4.69) is 20.8 Å². The number of hydrogen-bond acceptors (Lipinski definition) is 4. The Morgan fingerprint density at radius 3 is 2.58 bits per heavy atom.